The van der Waals surface area contributed by atoms with Crippen LogP contribution in [0.2, 0.25) is 5.02 Å². The molecule has 0 amide bonds. The van der Waals surface area contributed by atoms with Gasteiger partial charge in [0.15, 0.2) is 0 Å². The standard InChI is InChI=1S/C15H19ClN2O/c1-11-3-8-14(19-11)10-18(2)15(9-17)12-4-6-13(16)7-5-12/h3-8,15H,9-10,17H2,1-2H3. The highest BCUT2D eigenvalue weighted by Gasteiger charge is 2.16. The van der Waals surface area contributed by atoms with E-state index >= 15 is 0 Å². The number of halogens is 1. The van der Waals surface area contributed by atoms with E-state index in [4.69, 9.17) is 21.8 Å². The van der Waals surface area contributed by atoms with E-state index in [1.165, 1.54) is 0 Å². The Kier molecular flexibility index (Phi) is 4.64. The lowest BCUT2D eigenvalue weighted by molar-refractivity contribution is 0.221. The lowest BCUT2D eigenvalue weighted by Crippen LogP contribution is -2.30. The second-order valence-corrected chi connectivity index (χ2v) is 5.17. The molecule has 1 heterocycles. The van der Waals surface area contributed by atoms with E-state index in [0.717, 1.165) is 28.7 Å². The lowest BCUT2D eigenvalue weighted by Gasteiger charge is -2.26. The molecule has 1 aromatic carbocycles. The molecule has 0 spiro atoms. The molecule has 0 aliphatic heterocycles. The molecule has 1 atom stereocenters. The number of aryl methyl sites for hydroxylation is 1. The monoisotopic (exact) mass is 278 g/mol. The van der Waals surface area contributed by atoms with Gasteiger partial charge in [0.1, 0.15) is 11.5 Å². The Labute approximate surface area is 119 Å². The Morgan fingerprint density at radius 2 is 1.89 bits per heavy atom. The zero-order chi connectivity index (χ0) is 13.8. The van der Waals surface area contributed by atoms with E-state index in [2.05, 4.69) is 4.90 Å². The lowest BCUT2D eigenvalue weighted by atomic mass is 10.1. The second-order valence-electron chi connectivity index (χ2n) is 4.73. The fourth-order valence-electron chi connectivity index (χ4n) is 2.18. The number of hydrogen-bond donors (Lipinski definition) is 1. The number of nitrogens with zero attached hydrogens (tertiary/aromatic N) is 1. The van der Waals surface area contributed by atoms with Crippen molar-refractivity contribution in [3.8, 4) is 0 Å². The maximum atomic E-state index is 5.91. The molecule has 3 nitrogen and oxygen atoms in total. The van der Waals surface area contributed by atoms with Gasteiger partial charge in [-0.15, -0.1) is 0 Å². The van der Waals surface area contributed by atoms with Gasteiger partial charge in [0.25, 0.3) is 0 Å². The van der Waals surface area contributed by atoms with E-state index in [9.17, 15) is 0 Å². The molecule has 0 aliphatic carbocycles. The van der Waals surface area contributed by atoms with Gasteiger partial charge in [-0.3, -0.25) is 4.90 Å². The number of hydrogen-bond acceptors (Lipinski definition) is 3. The molecule has 4 heteroatoms. The highest BCUT2D eigenvalue weighted by Crippen LogP contribution is 2.22. The zero-order valence-corrected chi connectivity index (χ0v) is 12.0. The summed E-state index contributed by atoms with van der Waals surface area (Å²) in [6.07, 6.45) is 0. The summed E-state index contributed by atoms with van der Waals surface area (Å²) in [7, 11) is 2.05. The molecule has 102 valence electrons. The molecular formula is C15H19ClN2O. The van der Waals surface area contributed by atoms with Gasteiger partial charge < -0.3 is 10.2 Å². The van der Waals surface area contributed by atoms with Crippen molar-refractivity contribution in [1.29, 1.82) is 0 Å². The van der Waals surface area contributed by atoms with Crippen LogP contribution in [-0.4, -0.2) is 18.5 Å². The number of rotatable bonds is 5. The van der Waals surface area contributed by atoms with Gasteiger partial charge >= 0.3 is 0 Å². The van der Waals surface area contributed by atoms with E-state index in [-0.39, 0.29) is 6.04 Å². The predicted molar refractivity (Wildman–Crippen MR) is 78.2 cm³/mol. The van der Waals surface area contributed by atoms with Gasteiger partial charge in [-0.2, -0.15) is 0 Å². The Morgan fingerprint density at radius 3 is 2.42 bits per heavy atom. The van der Waals surface area contributed by atoms with Crippen LogP contribution in [-0.2, 0) is 6.54 Å². The molecule has 0 radical (unpaired) electrons. The van der Waals surface area contributed by atoms with Crippen molar-refractivity contribution in [2.75, 3.05) is 13.6 Å². The third kappa shape index (κ3) is 3.60. The topological polar surface area (TPSA) is 42.4 Å². The van der Waals surface area contributed by atoms with Crippen LogP contribution in [0.4, 0.5) is 0 Å². The maximum absolute atomic E-state index is 5.91. The second kappa shape index (κ2) is 6.24. The van der Waals surface area contributed by atoms with Crippen molar-refractivity contribution in [3.05, 3.63) is 58.5 Å². The molecule has 0 saturated heterocycles. The number of furan rings is 1. The third-order valence-corrected chi connectivity index (χ3v) is 3.46. The summed E-state index contributed by atoms with van der Waals surface area (Å²) in [4.78, 5) is 2.18. The van der Waals surface area contributed by atoms with Gasteiger partial charge in [-0.1, -0.05) is 23.7 Å². The Bertz CT molecular complexity index is 521. The molecule has 19 heavy (non-hydrogen) atoms. The van der Waals surface area contributed by atoms with Crippen LogP contribution in [0.15, 0.2) is 40.8 Å². The van der Waals surface area contributed by atoms with Crippen LogP contribution in [0, 0.1) is 6.92 Å². The first-order valence-corrected chi connectivity index (χ1v) is 6.69. The molecular weight excluding hydrogens is 260 g/mol. The van der Waals surface area contributed by atoms with Crippen LogP contribution in [0.3, 0.4) is 0 Å². The molecule has 1 unspecified atom stereocenters. The molecule has 1 aromatic heterocycles. The maximum Gasteiger partial charge on any atom is 0.118 e. The van der Waals surface area contributed by atoms with Crippen molar-refractivity contribution >= 4 is 11.6 Å². The van der Waals surface area contributed by atoms with Crippen molar-refractivity contribution in [2.24, 2.45) is 5.73 Å². The summed E-state index contributed by atoms with van der Waals surface area (Å²) in [5.74, 6) is 1.88. The van der Waals surface area contributed by atoms with Crippen molar-refractivity contribution < 1.29 is 4.42 Å². The summed E-state index contributed by atoms with van der Waals surface area (Å²) < 4.78 is 5.60. The minimum atomic E-state index is 0.155. The number of likely N-dealkylation sites (N-methyl/N-ethyl adjacent to an activating group) is 1. The SMILES string of the molecule is Cc1ccc(CN(C)C(CN)c2ccc(Cl)cc2)o1. The van der Waals surface area contributed by atoms with Crippen LogP contribution in [0.1, 0.15) is 23.1 Å². The summed E-state index contributed by atoms with van der Waals surface area (Å²) in [5, 5.41) is 0.740. The Balaban J connectivity index is 2.10. The van der Waals surface area contributed by atoms with E-state index in [1.54, 1.807) is 0 Å². The minimum Gasteiger partial charge on any atom is -0.465 e. The molecule has 0 fully saturated rings. The van der Waals surface area contributed by atoms with E-state index in [1.807, 2.05) is 50.4 Å². The van der Waals surface area contributed by atoms with Gasteiger partial charge in [0, 0.05) is 17.6 Å². The summed E-state index contributed by atoms with van der Waals surface area (Å²) in [6, 6.07) is 12.0. The van der Waals surface area contributed by atoms with Crippen LogP contribution >= 0.6 is 11.6 Å². The summed E-state index contributed by atoms with van der Waals surface area (Å²) in [5.41, 5.74) is 7.06. The highest BCUT2D eigenvalue weighted by atomic mass is 35.5. The predicted octanol–water partition coefficient (Wildman–Crippen LogP) is 3.37. The summed E-state index contributed by atoms with van der Waals surface area (Å²) >= 11 is 5.91. The average molecular weight is 279 g/mol. The van der Waals surface area contributed by atoms with Gasteiger partial charge in [-0.05, 0) is 43.8 Å². The van der Waals surface area contributed by atoms with Crippen LogP contribution < -0.4 is 5.73 Å². The first-order chi connectivity index (χ1) is 9.10. The molecule has 0 saturated carbocycles. The molecule has 2 N–H and O–H groups in total. The van der Waals surface area contributed by atoms with Gasteiger partial charge in [-0.25, -0.2) is 0 Å². The molecule has 2 rings (SSSR count). The first-order valence-electron chi connectivity index (χ1n) is 6.31. The average Bonchev–Trinajstić information content (AvgIpc) is 2.78. The molecule has 0 aliphatic rings. The third-order valence-electron chi connectivity index (χ3n) is 3.21. The van der Waals surface area contributed by atoms with E-state index in [0.29, 0.717) is 6.54 Å². The normalized spacial score (nSPS) is 12.9. The number of benzene rings is 1. The van der Waals surface area contributed by atoms with Crippen molar-refractivity contribution in [1.82, 2.24) is 4.90 Å². The highest BCUT2D eigenvalue weighted by molar-refractivity contribution is 6.30. The van der Waals surface area contributed by atoms with Crippen LogP contribution in [0.25, 0.3) is 0 Å². The number of nitrogens with two attached hydrogens (primary N) is 1. The Morgan fingerprint density at radius 1 is 1.21 bits per heavy atom. The summed E-state index contributed by atoms with van der Waals surface area (Å²) in [6.45, 7) is 3.24. The smallest absolute Gasteiger partial charge is 0.118 e. The minimum absolute atomic E-state index is 0.155. The molecule has 0 bridgehead atoms. The van der Waals surface area contributed by atoms with Crippen LogP contribution in [0.5, 0.6) is 0 Å². The van der Waals surface area contributed by atoms with Gasteiger partial charge in [0.05, 0.1) is 6.54 Å². The Hall–Kier alpha value is -1.29. The van der Waals surface area contributed by atoms with Gasteiger partial charge in [0.2, 0.25) is 0 Å². The fraction of sp³-hybridized carbons (Fsp3) is 0.333. The van der Waals surface area contributed by atoms with Crippen molar-refractivity contribution in [3.63, 3.8) is 0 Å². The molecule has 2 aromatic rings. The quantitative estimate of drug-likeness (QED) is 0.912. The van der Waals surface area contributed by atoms with E-state index < -0.39 is 0 Å². The zero-order valence-electron chi connectivity index (χ0n) is 11.3. The van der Waals surface area contributed by atoms with Crippen molar-refractivity contribution in [2.45, 2.75) is 19.5 Å². The largest absolute Gasteiger partial charge is 0.465 e. The first kappa shape index (κ1) is 14.1. The fourth-order valence-corrected chi connectivity index (χ4v) is 2.31.